The van der Waals surface area contributed by atoms with Gasteiger partial charge in [-0.3, -0.25) is 0 Å². The number of hydrogen-bond donors (Lipinski definition) is 1. The van der Waals surface area contributed by atoms with E-state index in [-0.39, 0.29) is 5.56 Å². The van der Waals surface area contributed by atoms with Crippen molar-refractivity contribution in [3.05, 3.63) is 28.8 Å². The van der Waals surface area contributed by atoms with Crippen LogP contribution in [0.2, 0.25) is 5.02 Å². The lowest BCUT2D eigenvalue weighted by molar-refractivity contribution is 0.0697. The van der Waals surface area contributed by atoms with Crippen molar-refractivity contribution in [3.63, 3.8) is 0 Å². The van der Waals surface area contributed by atoms with E-state index in [9.17, 15) is 4.79 Å². The summed E-state index contributed by atoms with van der Waals surface area (Å²) in [5.74, 6) is -0.966. The third-order valence-corrected chi connectivity index (χ3v) is 1.97. The van der Waals surface area contributed by atoms with Gasteiger partial charge in [0, 0.05) is 14.1 Å². The molecule has 0 bridgehead atoms. The number of nitrogens with zero attached hydrogens (tertiary/aromatic N) is 1. The minimum absolute atomic E-state index is 0.220. The highest BCUT2D eigenvalue weighted by molar-refractivity contribution is 6.34. The lowest BCUT2D eigenvalue weighted by Crippen LogP contribution is -2.14. The first-order valence-electron chi connectivity index (χ1n) is 3.73. The third-order valence-electron chi connectivity index (χ3n) is 1.66. The van der Waals surface area contributed by atoms with Gasteiger partial charge in [0.2, 0.25) is 0 Å². The van der Waals surface area contributed by atoms with Gasteiger partial charge >= 0.3 is 5.97 Å². The molecular formula is C9H10ClNO2. The first kappa shape index (κ1) is 9.86. The molecule has 0 aliphatic rings. The minimum Gasteiger partial charge on any atom is -0.478 e. The van der Waals surface area contributed by atoms with E-state index in [1.165, 1.54) is 6.07 Å². The van der Waals surface area contributed by atoms with Crippen LogP contribution in [0.1, 0.15) is 10.4 Å². The van der Waals surface area contributed by atoms with Gasteiger partial charge in [0.1, 0.15) is 0 Å². The van der Waals surface area contributed by atoms with Crippen LogP contribution in [0.15, 0.2) is 18.2 Å². The first-order valence-corrected chi connectivity index (χ1v) is 4.11. The molecule has 0 atom stereocenters. The Morgan fingerprint density at radius 2 is 2.08 bits per heavy atom. The second-order valence-corrected chi connectivity index (χ2v) is 3.24. The number of carboxylic acids is 1. The molecule has 1 aromatic rings. The fourth-order valence-electron chi connectivity index (χ4n) is 1.14. The van der Waals surface area contributed by atoms with Gasteiger partial charge in [-0.25, -0.2) is 4.79 Å². The van der Waals surface area contributed by atoms with Crippen LogP contribution >= 0.6 is 11.6 Å². The van der Waals surface area contributed by atoms with Crippen LogP contribution in [-0.4, -0.2) is 25.2 Å². The summed E-state index contributed by atoms with van der Waals surface area (Å²) < 4.78 is 0. The molecule has 0 aliphatic heterocycles. The number of anilines is 1. The Bertz CT molecular complexity index is 336. The van der Waals surface area contributed by atoms with Crippen molar-refractivity contribution in [2.24, 2.45) is 0 Å². The molecule has 1 aromatic carbocycles. The minimum atomic E-state index is -0.966. The molecule has 0 unspecified atom stereocenters. The lowest BCUT2D eigenvalue weighted by atomic mass is 10.1. The molecule has 1 rings (SSSR count). The SMILES string of the molecule is CN(C)c1c(Cl)cccc1C(=O)O. The van der Waals surface area contributed by atoms with E-state index in [4.69, 9.17) is 16.7 Å². The molecule has 1 N–H and O–H groups in total. The fourth-order valence-corrected chi connectivity index (χ4v) is 1.49. The van der Waals surface area contributed by atoms with Crippen LogP contribution in [0.4, 0.5) is 5.69 Å². The maximum atomic E-state index is 10.8. The van der Waals surface area contributed by atoms with Crippen LogP contribution in [0, 0.1) is 0 Å². The number of hydrogen-bond acceptors (Lipinski definition) is 2. The maximum absolute atomic E-state index is 10.8. The van der Waals surface area contributed by atoms with Gasteiger partial charge in [0.05, 0.1) is 16.3 Å². The second kappa shape index (κ2) is 3.66. The lowest BCUT2D eigenvalue weighted by Gasteiger charge is -2.16. The van der Waals surface area contributed by atoms with Gasteiger partial charge in [-0.2, -0.15) is 0 Å². The van der Waals surface area contributed by atoms with E-state index >= 15 is 0 Å². The maximum Gasteiger partial charge on any atom is 0.337 e. The molecule has 0 saturated heterocycles. The summed E-state index contributed by atoms with van der Waals surface area (Å²) in [6.07, 6.45) is 0. The van der Waals surface area contributed by atoms with Gasteiger partial charge in [-0.15, -0.1) is 0 Å². The molecule has 3 nitrogen and oxygen atoms in total. The Morgan fingerprint density at radius 3 is 2.46 bits per heavy atom. The Hall–Kier alpha value is -1.22. The number of carboxylic acid groups (broad SMARTS) is 1. The molecule has 0 amide bonds. The van der Waals surface area contributed by atoms with Crippen LogP contribution in [0.5, 0.6) is 0 Å². The van der Waals surface area contributed by atoms with E-state index in [0.717, 1.165) is 0 Å². The molecule has 0 fully saturated rings. The molecule has 0 aromatic heterocycles. The summed E-state index contributed by atoms with van der Waals surface area (Å²) in [5.41, 5.74) is 0.758. The molecule has 0 aliphatic carbocycles. The number of carbonyl (C=O) groups is 1. The van der Waals surface area contributed by atoms with Gasteiger partial charge in [0.15, 0.2) is 0 Å². The van der Waals surface area contributed by atoms with E-state index in [1.807, 2.05) is 0 Å². The summed E-state index contributed by atoms with van der Waals surface area (Å²) in [6, 6.07) is 4.83. The van der Waals surface area contributed by atoms with E-state index in [2.05, 4.69) is 0 Å². The van der Waals surface area contributed by atoms with Crippen molar-refractivity contribution < 1.29 is 9.90 Å². The smallest absolute Gasteiger partial charge is 0.337 e. The molecular weight excluding hydrogens is 190 g/mol. The van der Waals surface area contributed by atoms with Crippen molar-refractivity contribution >= 4 is 23.3 Å². The highest BCUT2D eigenvalue weighted by Gasteiger charge is 2.13. The van der Waals surface area contributed by atoms with Crippen molar-refractivity contribution in [3.8, 4) is 0 Å². The molecule has 0 heterocycles. The van der Waals surface area contributed by atoms with Crippen molar-refractivity contribution in [1.82, 2.24) is 0 Å². The highest BCUT2D eigenvalue weighted by atomic mass is 35.5. The van der Waals surface area contributed by atoms with Gasteiger partial charge in [-0.1, -0.05) is 17.7 Å². The second-order valence-electron chi connectivity index (χ2n) is 2.84. The van der Waals surface area contributed by atoms with E-state index in [0.29, 0.717) is 10.7 Å². The highest BCUT2D eigenvalue weighted by Crippen LogP contribution is 2.28. The number of benzene rings is 1. The third kappa shape index (κ3) is 1.92. The number of aromatic carboxylic acids is 1. The topological polar surface area (TPSA) is 40.5 Å². The van der Waals surface area contributed by atoms with Crippen LogP contribution < -0.4 is 4.90 Å². The summed E-state index contributed by atoms with van der Waals surface area (Å²) >= 11 is 5.86. The van der Waals surface area contributed by atoms with Gasteiger partial charge in [0.25, 0.3) is 0 Å². The first-order chi connectivity index (χ1) is 6.04. The average Bonchev–Trinajstić information content (AvgIpc) is 2.02. The Balaban J connectivity index is 3.34. The standard InChI is InChI=1S/C9H10ClNO2/c1-11(2)8-6(9(12)13)4-3-5-7(8)10/h3-5H,1-2H3,(H,12,13). The Labute approximate surface area is 81.5 Å². The molecule has 70 valence electrons. The molecule has 0 radical (unpaired) electrons. The van der Waals surface area contributed by atoms with Crippen LogP contribution in [-0.2, 0) is 0 Å². The molecule has 0 saturated carbocycles. The monoisotopic (exact) mass is 199 g/mol. The predicted molar refractivity (Wildman–Crippen MR) is 52.7 cm³/mol. The fraction of sp³-hybridized carbons (Fsp3) is 0.222. The summed E-state index contributed by atoms with van der Waals surface area (Å²) in [6.45, 7) is 0. The van der Waals surface area contributed by atoms with E-state index in [1.54, 1.807) is 31.1 Å². The molecule has 4 heteroatoms. The molecule has 0 spiro atoms. The van der Waals surface area contributed by atoms with E-state index < -0.39 is 5.97 Å². The Kier molecular flexibility index (Phi) is 2.78. The summed E-state index contributed by atoms with van der Waals surface area (Å²) in [5, 5.41) is 9.30. The van der Waals surface area contributed by atoms with Crippen molar-refractivity contribution in [1.29, 1.82) is 0 Å². The number of halogens is 1. The van der Waals surface area contributed by atoms with Gasteiger partial charge in [-0.05, 0) is 12.1 Å². The normalized spacial score (nSPS) is 9.77. The Morgan fingerprint density at radius 1 is 1.46 bits per heavy atom. The van der Waals surface area contributed by atoms with Gasteiger partial charge < -0.3 is 10.0 Å². The number of rotatable bonds is 2. The van der Waals surface area contributed by atoms with Crippen LogP contribution in [0.3, 0.4) is 0 Å². The number of para-hydroxylation sites is 1. The summed E-state index contributed by atoms with van der Waals surface area (Å²) in [4.78, 5) is 12.5. The zero-order chi connectivity index (χ0) is 10.0. The summed E-state index contributed by atoms with van der Waals surface area (Å²) in [7, 11) is 3.52. The molecule has 13 heavy (non-hydrogen) atoms. The zero-order valence-corrected chi connectivity index (χ0v) is 8.17. The average molecular weight is 200 g/mol. The predicted octanol–water partition coefficient (Wildman–Crippen LogP) is 2.10. The van der Waals surface area contributed by atoms with Crippen molar-refractivity contribution in [2.45, 2.75) is 0 Å². The van der Waals surface area contributed by atoms with Crippen LogP contribution in [0.25, 0.3) is 0 Å². The largest absolute Gasteiger partial charge is 0.478 e. The van der Waals surface area contributed by atoms with Crippen molar-refractivity contribution in [2.75, 3.05) is 19.0 Å². The zero-order valence-electron chi connectivity index (χ0n) is 7.41. The quantitative estimate of drug-likeness (QED) is 0.793.